The molecule has 0 bridgehead atoms. The molecule has 0 radical (unpaired) electrons. The summed E-state index contributed by atoms with van der Waals surface area (Å²) in [6.45, 7) is 6.78. The fourth-order valence-corrected chi connectivity index (χ4v) is 6.66. The molecule has 1 aromatic rings. The molecular formula is C33H63O3P. The molecule has 0 saturated carbocycles. The summed E-state index contributed by atoms with van der Waals surface area (Å²) in [6, 6.07) is 3.94. The van der Waals surface area contributed by atoms with Gasteiger partial charge in [-0.15, -0.1) is 0 Å². The van der Waals surface area contributed by atoms with E-state index in [2.05, 4.69) is 26.8 Å². The summed E-state index contributed by atoms with van der Waals surface area (Å²) in [4.78, 5) is 31.0. The van der Waals surface area contributed by atoms with Gasteiger partial charge in [-0.05, 0) is 0 Å². The summed E-state index contributed by atoms with van der Waals surface area (Å²) in [5.74, 6) is 0. The van der Waals surface area contributed by atoms with Crippen LogP contribution >= 0.6 is 7.94 Å². The van der Waals surface area contributed by atoms with E-state index in [0.717, 1.165) is 37.7 Å². The van der Waals surface area contributed by atoms with Gasteiger partial charge in [0.05, 0.1) is 0 Å². The fourth-order valence-electron chi connectivity index (χ4n) is 5.68. The topological polar surface area (TPSA) is 60.7 Å². The average Bonchev–Trinajstić information content (AvgIpc) is 2.87. The first-order chi connectivity index (χ1) is 18.0. The molecule has 4 heteroatoms. The van der Waals surface area contributed by atoms with Gasteiger partial charge in [-0.25, -0.2) is 0 Å². The molecule has 0 aliphatic carbocycles. The maximum atomic E-state index is 10.3. The van der Waals surface area contributed by atoms with E-state index < -0.39 is 7.94 Å². The Balaban J connectivity index is 2.88. The van der Waals surface area contributed by atoms with E-state index in [1.54, 1.807) is 0 Å². The Morgan fingerprint density at radius 2 is 0.784 bits per heavy atom. The van der Waals surface area contributed by atoms with Crippen LogP contribution in [0, 0.1) is 0 Å². The van der Waals surface area contributed by atoms with E-state index >= 15 is 0 Å². The van der Waals surface area contributed by atoms with Gasteiger partial charge in [-0.1, -0.05) is 6.92 Å². The molecule has 0 fully saturated rings. The maximum absolute atomic E-state index is 10.3. The van der Waals surface area contributed by atoms with Crippen molar-refractivity contribution >= 4 is 13.2 Å². The van der Waals surface area contributed by atoms with Crippen LogP contribution in [0.3, 0.4) is 0 Å². The summed E-state index contributed by atoms with van der Waals surface area (Å²) >= 11 is 0. The molecular weight excluding hydrogens is 475 g/mol. The van der Waals surface area contributed by atoms with Crippen LogP contribution in [0.2, 0.25) is 0 Å². The predicted octanol–water partition coefficient (Wildman–Crippen LogP) is 9.66. The number of rotatable bonds is 25. The molecule has 0 aromatic heterocycles. The Morgan fingerprint density at radius 1 is 0.432 bits per heavy atom. The molecule has 3 nitrogen and oxygen atoms in total. The number of hydrogen-bond donors (Lipinski definition) is 3. The molecule has 0 heterocycles. The van der Waals surface area contributed by atoms with Crippen LogP contribution in [-0.4, -0.2) is 14.7 Å². The Hall–Kier alpha value is -0.470. The third kappa shape index (κ3) is 16.3. The van der Waals surface area contributed by atoms with Crippen LogP contribution in [0.25, 0.3) is 0 Å². The van der Waals surface area contributed by atoms with Crippen molar-refractivity contribution in [1.82, 2.24) is 0 Å². The second-order valence-electron chi connectivity index (χ2n) is 11.5. The first-order valence-corrected chi connectivity index (χ1v) is 18.1. The van der Waals surface area contributed by atoms with Gasteiger partial charge in [0.1, 0.15) is 0 Å². The fraction of sp³-hybridized carbons (Fsp3) is 0.818. The summed E-state index contributed by atoms with van der Waals surface area (Å²) < 4.78 is 0. The van der Waals surface area contributed by atoms with Crippen molar-refractivity contribution in [3.8, 4) is 0 Å². The molecule has 0 aliphatic heterocycles. The molecule has 0 atom stereocenters. The average molecular weight is 539 g/mol. The van der Waals surface area contributed by atoms with Gasteiger partial charge < -0.3 is 0 Å². The standard InChI is InChI=1S/C33H63O3P/c1-4-7-10-13-16-19-22-25-30-28-29-33(37(34,35)36)32(27-24-21-18-15-12-9-6-3)31(30)26-23-20-17-14-11-8-5-2/h28-29,34-37H,4-27H2,1-3H3. The first kappa shape index (κ1) is 34.6. The van der Waals surface area contributed by atoms with Gasteiger partial charge in [-0.2, -0.15) is 0 Å². The summed E-state index contributed by atoms with van der Waals surface area (Å²) in [7, 11) is -4.34. The number of benzene rings is 1. The predicted molar refractivity (Wildman–Crippen MR) is 166 cm³/mol. The molecule has 1 rings (SSSR count). The molecule has 0 amide bonds. The first-order valence-electron chi connectivity index (χ1n) is 16.3. The number of aryl methyl sites for hydroxylation is 1. The molecule has 0 spiro atoms. The van der Waals surface area contributed by atoms with E-state index in [1.807, 2.05) is 6.07 Å². The van der Waals surface area contributed by atoms with Crippen molar-refractivity contribution in [2.24, 2.45) is 0 Å². The van der Waals surface area contributed by atoms with Crippen LogP contribution < -0.4 is 5.30 Å². The van der Waals surface area contributed by atoms with Crippen LogP contribution in [0.1, 0.15) is 172 Å². The molecule has 3 N–H and O–H groups in total. The number of hydrogen-bond acceptors (Lipinski definition) is 3. The Labute approximate surface area is 231 Å². The van der Waals surface area contributed by atoms with Crippen LogP contribution in [-0.2, 0) is 19.3 Å². The SMILES string of the molecule is CCCCCCCCCc1ccc([PH](O)(O)O)c(CCCCCCCCC)c1CCCCCCCCC. The zero-order valence-corrected chi connectivity index (χ0v) is 26.0. The molecule has 0 saturated heterocycles. The summed E-state index contributed by atoms with van der Waals surface area (Å²) in [6.07, 6.45) is 29.7. The van der Waals surface area contributed by atoms with Gasteiger partial charge in [0, 0.05) is 0 Å². The van der Waals surface area contributed by atoms with Crippen molar-refractivity contribution < 1.29 is 14.7 Å². The van der Waals surface area contributed by atoms with E-state index in [9.17, 15) is 14.7 Å². The minimum atomic E-state index is -4.34. The Morgan fingerprint density at radius 3 is 1.19 bits per heavy atom. The van der Waals surface area contributed by atoms with Crippen LogP contribution in [0.4, 0.5) is 0 Å². The Kier molecular flexibility index (Phi) is 20.9. The van der Waals surface area contributed by atoms with Crippen molar-refractivity contribution in [3.63, 3.8) is 0 Å². The molecule has 1 aromatic carbocycles. The Bertz CT molecular complexity index is 668. The minimum absolute atomic E-state index is 0.444. The van der Waals surface area contributed by atoms with Gasteiger partial charge in [-0.3, -0.25) is 0 Å². The summed E-state index contributed by atoms with van der Waals surface area (Å²) in [5, 5.41) is 0.444. The molecule has 218 valence electrons. The van der Waals surface area contributed by atoms with Gasteiger partial charge in [0.2, 0.25) is 0 Å². The van der Waals surface area contributed by atoms with E-state index in [0.29, 0.717) is 5.30 Å². The van der Waals surface area contributed by atoms with Crippen molar-refractivity contribution in [2.45, 2.75) is 175 Å². The second kappa shape index (κ2) is 22.4. The third-order valence-electron chi connectivity index (χ3n) is 8.00. The van der Waals surface area contributed by atoms with Gasteiger partial charge >= 0.3 is 225 Å². The zero-order chi connectivity index (χ0) is 27.2. The molecule has 0 unspecified atom stereocenters. The third-order valence-corrected chi connectivity index (χ3v) is 9.19. The van der Waals surface area contributed by atoms with E-state index in [1.165, 1.54) is 133 Å². The molecule has 37 heavy (non-hydrogen) atoms. The van der Waals surface area contributed by atoms with Gasteiger partial charge in [0.15, 0.2) is 0 Å². The van der Waals surface area contributed by atoms with E-state index in [-0.39, 0.29) is 0 Å². The second-order valence-corrected chi connectivity index (χ2v) is 13.3. The van der Waals surface area contributed by atoms with Gasteiger partial charge in [0.25, 0.3) is 0 Å². The van der Waals surface area contributed by atoms with Crippen LogP contribution in [0.15, 0.2) is 12.1 Å². The van der Waals surface area contributed by atoms with Crippen molar-refractivity contribution in [2.75, 3.05) is 0 Å². The quantitative estimate of drug-likeness (QED) is 0.0857. The zero-order valence-electron chi connectivity index (χ0n) is 25.0. The number of unbranched alkanes of at least 4 members (excludes halogenated alkanes) is 18. The van der Waals surface area contributed by atoms with Crippen molar-refractivity contribution in [1.29, 1.82) is 0 Å². The van der Waals surface area contributed by atoms with E-state index in [4.69, 9.17) is 0 Å². The summed E-state index contributed by atoms with van der Waals surface area (Å²) in [5.41, 5.74) is 3.79. The normalized spacial score (nSPS) is 12.4. The monoisotopic (exact) mass is 538 g/mol. The van der Waals surface area contributed by atoms with Crippen molar-refractivity contribution in [3.05, 3.63) is 28.8 Å². The van der Waals surface area contributed by atoms with Crippen LogP contribution in [0.5, 0.6) is 0 Å². The molecule has 0 aliphatic rings.